The highest BCUT2D eigenvalue weighted by atomic mass is 16.3. The third kappa shape index (κ3) is 2.66. The van der Waals surface area contributed by atoms with Gasteiger partial charge in [0, 0.05) is 11.1 Å². The van der Waals surface area contributed by atoms with E-state index >= 15 is 0 Å². The number of carbonyl (C=O) groups is 2. The molecule has 24 heavy (non-hydrogen) atoms. The lowest BCUT2D eigenvalue weighted by atomic mass is 9.53. The van der Waals surface area contributed by atoms with Crippen LogP contribution in [-0.2, 0) is 11.2 Å². The zero-order valence-electron chi connectivity index (χ0n) is 13.8. The summed E-state index contributed by atoms with van der Waals surface area (Å²) in [6, 6.07) is 4.78. The van der Waals surface area contributed by atoms with E-state index in [0.717, 1.165) is 37.0 Å². The average molecular weight is 328 g/mol. The van der Waals surface area contributed by atoms with Crippen LogP contribution in [0.15, 0.2) is 18.2 Å². The quantitative estimate of drug-likeness (QED) is 0.790. The molecule has 0 radical (unpaired) electrons. The van der Waals surface area contributed by atoms with Crippen LogP contribution in [0.2, 0.25) is 0 Å². The average Bonchev–Trinajstić information content (AvgIpc) is 2.47. The van der Waals surface area contributed by atoms with Gasteiger partial charge in [0.1, 0.15) is 5.75 Å². The second-order valence-corrected chi connectivity index (χ2v) is 8.10. The number of phenols is 1. The number of para-hydroxylation sites is 1. The first kappa shape index (κ1) is 15.5. The Balaban J connectivity index is 1.48. The van der Waals surface area contributed by atoms with Crippen molar-refractivity contribution >= 4 is 11.8 Å². The molecule has 5 nitrogen and oxygen atoms in total. The highest BCUT2D eigenvalue weighted by Crippen LogP contribution is 2.55. The van der Waals surface area contributed by atoms with Gasteiger partial charge in [0.05, 0.1) is 12.0 Å². The van der Waals surface area contributed by atoms with Gasteiger partial charge >= 0.3 is 0 Å². The van der Waals surface area contributed by atoms with E-state index in [1.165, 1.54) is 25.3 Å². The van der Waals surface area contributed by atoms with Gasteiger partial charge in [0.2, 0.25) is 5.91 Å². The molecule has 4 bridgehead atoms. The number of benzene rings is 1. The molecule has 4 aliphatic rings. The van der Waals surface area contributed by atoms with E-state index in [1.54, 1.807) is 12.1 Å². The Hall–Kier alpha value is -2.04. The van der Waals surface area contributed by atoms with Crippen molar-refractivity contribution in [3.8, 4) is 5.75 Å². The van der Waals surface area contributed by atoms with Crippen molar-refractivity contribution in [3.05, 3.63) is 29.3 Å². The molecule has 128 valence electrons. The van der Waals surface area contributed by atoms with Crippen molar-refractivity contribution in [3.63, 3.8) is 0 Å². The molecule has 4 saturated carbocycles. The molecule has 1 aromatic carbocycles. The molecule has 4 aliphatic carbocycles. The molecule has 1 aromatic rings. The van der Waals surface area contributed by atoms with E-state index in [9.17, 15) is 14.7 Å². The van der Waals surface area contributed by atoms with Crippen LogP contribution in [0.25, 0.3) is 0 Å². The van der Waals surface area contributed by atoms with Crippen LogP contribution in [0.5, 0.6) is 5.75 Å². The van der Waals surface area contributed by atoms with Crippen LogP contribution in [0.4, 0.5) is 0 Å². The maximum atomic E-state index is 12.6. The maximum Gasteiger partial charge on any atom is 0.252 e. The van der Waals surface area contributed by atoms with Crippen molar-refractivity contribution in [1.82, 2.24) is 5.32 Å². The minimum Gasteiger partial charge on any atom is -0.507 e. The molecule has 4 fully saturated rings. The lowest BCUT2D eigenvalue weighted by Crippen LogP contribution is -2.60. The summed E-state index contributed by atoms with van der Waals surface area (Å²) in [7, 11) is 0. The largest absolute Gasteiger partial charge is 0.507 e. The second-order valence-electron chi connectivity index (χ2n) is 8.10. The SMILES string of the molecule is NC(=O)c1cccc(CC(=O)NC23CC4CC(CC(C4)C2)C3)c1O. The topological polar surface area (TPSA) is 92.4 Å². The highest BCUT2D eigenvalue weighted by molar-refractivity contribution is 5.96. The number of nitrogens with one attached hydrogen (secondary N) is 1. The minimum atomic E-state index is -0.684. The maximum absolute atomic E-state index is 12.6. The monoisotopic (exact) mass is 328 g/mol. The van der Waals surface area contributed by atoms with E-state index in [2.05, 4.69) is 5.32 Å². The summed E-state index contributed by atoms with van der Waals surface area (Å²) in [6.45, 7) is 0. The third-order valence-electron chi connectivity index (χ3n) is 6.18. The number of primary amides is 1. The third-order valence-corrected chi connectivity index (χ3v) is 6.18. The molecule has 0 unspecified atom stereocenters. The number of aromatic hydroxyl groups is 1. The first-order valence-corrected chi connectivity index (χ1v) is 8.86. The Kier molecular flexibility index (Phi) is 3.55. The van der Waals surface area contributed by atoms with Crippen LogP contribution in [0.3, 0.4) is 0 Å². The van der Waals surface area contributed by atoms with E-state index < -0.39 is 5.91 Å². The van der Waals surface area contributed by atoms with Gasteiger partial charge in [-0.05, 0) is 62.3 Å². The Morgan fingerprint density at radius 2 is 1.71 bits per heavy atom. The molecule has 5 heteroatoms. The Morgan fingerprint density at radius 3 is 2.25 bits per heavy atom. The summed E-state index contributed by atoms with van der Waals surface area (Å²) >= 11 is 0. The van der Waals surface area contributed by atoms with Gasteiger partial charge in [-0.2, -0.15) is 0 Å². The van der Waals surface area contributed by atoms with Crippen molar-refractivity contribution in [2.24, 2.45) is 23.5 Å². The molecule has 2 amide bonds. The van der Waals surface area contributed by atoms with Crippen LogP contribution >= 0.6 is 0 Å². The van der Waals surface area contributed by atoms with Crippen LogP contribution in [-0.4, -0.2) is 22.5 Å². The molecule has 0 saturated heterocycles. The van der Waals surface area contributed by atoms with Crippen LogP contribution in [0.1, 0.15) is 54.4 Å². The van der Waals surface area contributed by atoms with Gasteiger partial charge in [0.25, 0.3) is 5.91 Å². The van der Waals surface area contributed by atoms with E-state index in [0.29, 0.717) is 5.56 Å². The summed E-state index contributed by atoms with van der Waals surface area (Å²) in [4.78, 5) is 23.9. The fourth-order valence-corrected chi connectivity index (χ4v) is 5.71. The predicted molar refractivity (Wildman–Crippen MR) is 89.4 cm³/mol. The fourth-order valence-electron chi connectivity index (χ4n) is 5.71. The highest BCUT2D eigenvalue weighted by Gasteiger charge is 2.51. The van der Waals surface area contributed by atoms with Gasteiger partial charge in [-0.25, -0.2) is 0 Å². The molecule has 0 heterocycles. The fraction of sp³-hybridized carbons (Fsp3) is 0.579. The summed E-state index contributed by atoms with van der Waals surface area (Å²) in [5.74, 6) is 1.37. The second kappa shape index (κ2) is 5.50. The number of amides is 2. The zero-order valence-corrected chi connectivity index (χ0v) is 13.8. The van der Waals surface area contributed by atoms with Gasteiger partial charge < -0.3 is 16.2 Å². The molecule has 0 atom stereocenters. The smallest absolute Gasteiger partial charge is 0.252 e. The summed E-state index contributed by atoms with van der Waals surface area (Å²) < 4.78 is 0. The first-order chi connectivity index (χ1) is 11.4. The number of carbonyl (C=O) groups excluding carboxylic acids is 2. The zero-order chi connectivity index (χ0) is 16.9. The number of hydrogen-bond donors (Lipinski definition) is 3. The number of hydrogen-bond acceptors (Lipinski definition) is 3. The van der Waals surface area contributed by atoms with Gasteiger partial charge in [-0.15, -0.1) is 0 Å². The van der Waals surface area contributed by atoms with Gasteiger partial charge in [0.15, 0.2) is 0 Å². The first-order valence-electron chi connectivity index (χ1n) is 8.86. The molecule has 0 spiro atoms. The lowest BCUT2D eigenvalue weighted by Gasteiger charge is -2.56. The molecule has 0 aromatic heterocycles. The van der Waals surface area contributed by atoms with E-state index in [4.69, 9.17) is 5.73 Å². The van der Waals surface area contributed by atoms with Gasteiger partial charge in [-0.1, -0.05) is 12.1 Å². The normalized spacial score (nSPS) is 33.4. The standard InChI is InChI=1S/C19H24N2O3/c20-18(24)15-3-1-2-14(17(15)23)7-16(22)21-19-8-11-4-12(9-19)6-13(5-11)10-19/h1-3,11-13,23H,4-10H2,(H2,20,24)(H,21,22). The minimum absolute atomic E-state index is 0.0389. The van der Waals surface area contributed by atoms with E-state index in [-0.39, 0.29) is 29.2 Å². The summed E-state index contributed by atoms with van der Waals surface area (Å²) in [5.41, 5.74) is 5.73. The molecule has 4 N–H and O–H groups in total. The molecular weight excluding hydrogens is 304 g/mol. The van der Waals surface area contributed by atoms with Gasteiger partial charge in [-0.3, -0.25) is 9.59 Å². The van der Waals surface area contributed by atoms with Crippen molar-refractivity contribution in [2.75, 3.05) is 0 Å². The molecular formula is C19H24N2O3. The number of rotatable bonds is 4. The Morgan fingerprint density at radius 1 is 1.12 bits per heavy atom. The van der Waals surface area contributed by atoms with Crippen molar-refractivity contribution in [2.45, 2.75) is 50.5 Å². The van der Waals surface area contributed by atoms with Crippen molar-refractivity contribution < 1.29 is 14.7 Å². The van der Waals surface area contributed by atoms with E-state index in [1.807, 2.05) is 0 Å². The summed E-state index contributed by atoms with van der Waals surface area (Å²) in [6.07, 6.45) is 7.35. The molecule has 5 rings (SSSR count). The predicted octanol–water partition coefficient (Wildman–Crippen LogP) is 2.12. The van der Waals surface area contributed by atoms with Crippen LogP contribution in [0, 0.1) is 17.8 Å². The van der Waals surface area contributed by atoms with Crippen LogP contribution < -0.4 is 11.1 Å². The Bertz CT molecular complexity index is 663. The lowest BCUT2D eigenvalue weighted by molar-refractivity contribution is -0.126. The summed E-state index contributed by atoms with van der Waals surface area (Å²) in [5, 5.41) is 13.4. The Labute approximate surface area is 141 Å². The van der Waals surface area contributed by atoms with Crippen molar-refractivity contribution in [1.29, 1.82) is 0 Å². The number of nitrogens with two attached hydrogens (primary N) is 1. The molecule has 0 aliphatic heterocycles.